The van der Waals surface area contributed by atoms with Crippen LogP contribution >= 0.6 is 23.4 Å². The van der Waals surface area contributed by atoms with Gasteiger partial charge in [-0.15, -0.1) is 5.10 Å². The number of methoxy groups -OCH3 is 1. The molecule has 1 aromatic carbocycles. The van der Waals surface area contributed by atoms with Crippen LogP contribution in [0.1, 0.15) is 25.2 Å². The lowest BCUT2D eigenvalue weighted by molar-refractivity contribution is -0.115. The topological polar surface area (TPSA) is 79.9 Å². The highest BCUT2D eigenvalue weighted by Crippen LogP contribution is 2.31. The second kappa shape index (κ2) is 7.70. The summed E-state index contributed by atoms with van der Waals surface area (Å²) in [6.45, 7) is 5.66. The third-order valence-corrected chi connectivity index (χ3v) is 4.60. The van der Waals surface area contributed by atoms with Gasteiger partial charge in [-0.3, -0.25) is 9.89 Å². The van der Waals surface area contributed by atoms with Gasteiger partial charge in [-0.25, -0.2) is 4.98 Å². The second-order valence-corrected chi connectivity index (χ2v) is 6.68. The minimum atomic E-state index is -0.351. The summed E-state index contributed by atoms with van der Waals surface area (Å²) in [4.78, 5) is 16.7. The van der Waals surface area contributed by atoms with E-state index < -0.39 is 0 Å². The van der Waals surface area contributed by atoms with Crippen LogP contribution in [-0.2, 0) is 11.2 Å². The first-order chi connectivity index (χ1) is 10.9. The van der Waals surface area contributed by atoms with Crippen LogP contribution in [0.4, 0.5) is 5.69 Å². The molecule has 1 aromatic heterocycles. The van der Waals surface area contributed by atoms with Crippen molar-refractivity contribution in [1.82, 2.24) is 15.2 Å². The van der Waals surface area contributed by atoms with Gasteiger partial charge in [0.05, 0.1) is 18.0 Å². The Morgan fingerprint density at radius 3 is 2.87 bits per heavy atom. The van der Waals surface area contributed by atoms with Crippen molar-refractivity contribution in [3.05, 3.63) is 28.5 Å². The molecule has 0 radical (unpaired) electrons. The average Bonchev–Trinajstić information content (AvgIpc) is 2.98. The van der Waals surface area contributed by atoms with Crippen LogP contribution in [0.2, 0.25) is 5.02 Å². The Balaban J connectivity index is 2.07. The van der Waals surface area contributed by atoms with Crippen molar-refractivity contribution in [2.45, 2.75) is 37.6 Å². The first kappa shape index (κ1) is 17.6. The van der Waals surface area contributed by atoms with Crippen molar-refractivity contribution in [2.24, 2.45) is 0 Å². The lowest BCUT2D eigenvalue weighted by atomic mass is 10.2. The van der Waals surface area contributed by atoms with Crippen molar-refractivity contribution in [1.29, 1.82) is 0 Å². The molecule has 2 N–H and O–H groups in total. The van der Waals surface area contributed by atoms with Gasteiger partial charge in [0.25, 0.3) is 0 Å². The van der Waals surface area contributed by atoms with Crippen molar-refractivity contribution < 1.29 is 9.53 Å². The highest BCUT2D eigenvalue weighted by atomic mass is 35.5. The van der Waals surface area contributed by atoms with E-state index in [4.69, 9.17) is 16.3 Å². The number of hydrogen-bond acceptors (Lipinski definition) is 5. The summed E-state index contributed by atoms with van der Waals surface area (Å²) in [5.41, 5.74) is 1.46. The number of aryl methyl sites for hydroxylation is 2. The van der Waals surface area contributed by atoms with Gasteiger partial charge in [0, 0.05) is 17.5 Å². The molecule has 0 aliphatic rings. The van der Waals surface area contributed by atoms with E-state index in [0.717, 1.165) is 17.8 Å². The number of aromatic nitrogens is 3. The second-order valence-electron chi connectivity index (χ2n) is 4.97. The van der Waals surface area contributed by atoms with Crippen molar-refractivity contribution in [2.75, 3.05) is 12.4 Å². The van der Waals surface area contributed by atoms with Gasteiger partial charge in [-0.1, -0.05) is 30.3 Å². The third-order valence-electron chi connectivity index (χ3n) is 3.24. The highest BCUT2D eigenvalue weighted by Gasteiger charge is 2.19. The van der Waals surface area contributed by atoms with Gasteiger partial charge in [0.15, 0.2) is 0 Å². The molecule has 1 amide bonds. The molecule has 0 aliphatic carbocycles. The Bertz CT molecular complexity index is 705. The van der Waals surface area contributed by atoms with E-state index in [0.29, 0.717) is 21.6 Å². The molecular formula is C15H19ClN4O2S. The average molecular weight is 355 g/mol. The van der Waals surface area contributed by atoms with E-state index in [1.807, 2.05) is 13.8 Å². The molecule has 23 heavy (non-hydrogen) atoms. The van der Waals surface area contributed by atoms with Crippen LogP contribution in [0.15, 0.2) is 17.3 Å². The quantitative estimate of drug-likeness (QED) is 0.776. The number of anilines is 1. The summed E-state index contributed by atoms with van der Waals surface area (Å²) in [7, 11) is 1.54. The SMILES string of the molecule is CCc1nc(S[C@@H](C)C(=O)Nc2cc(C)c(Cl)cc2OC)n[nH]1. The zero-order valence-electron chi connectivity index (χ0n) is 13.4. The Morgan fingerprint density at radius 2 is 2.26 bits per heavy atom. The number of carbonyl (C=O) groups is 1. The fourth-order valence-corrected chi connectivity index (χ4v) is 2.76. The Labute approximate surface area is 144 Å². The maximum absolute atomic E-state index is 12.4. The maximum Gasteiger partial charge on any atom is 0.237 e. The summed E-state index contributed by atoms with van der Waals surface area (Å²) in [5, 5.41) is 10.6. The summed E-state index contributed by atoms with van der Waals surface area (Å²) in [5.74, 6) is 1.17. The molecule has 0 saturated carbocycles. The number of halogens is 1. The molecule has 0 bridgehead atoms. The number of nitrogens with zero attached hydrogens (tertiary/aromatic N) is 2. The summed E-state index contributed by atoms with van der Waals surface area (Å²) < 4.78 is 5.26. The van der Waals surface area contributed by atoms with E-state index in [1.165, 1.54) is 18.9 Å². The first-order valence-electron chi connectivity index (χ1n) is 7.17. The minimum Gasteiger partial charge on any atom is -0.495 e. The van der Waals surface area contributed by atoms with Crippen molar-refractivity contribution in [3.63, 3.8) is 0 Å². The maximum atomic E-state index is 12.4. The predicted octanol–water partition coefficient (Wildman–Crippen LogP) is 3.46. The fourth-order valence-electron chi connectivity index (χ4n) is 1.86. The molecule has 8 heteroatoms. The zero-order valence-corrected chi connectivity index (χ0v) is 15.0. The lowest BCUT2D eigenvalue weighted by Crippen LogP contribution is -2.23. The third kappa shape index (κ3) is 4.39. The Morgan fingerprint density at radius 1 is 1.52 bits per heavy atom. The number of rotatable bonds is 6. The highest BCUT2D eigenvalue weighted by molar-refractivity contribution is 8.00. The van der Waals surface area contributed by atoms with Crippen LogP contribution in [0.25, 0.3) is 0 Å². The van der Waals surface area contributed by atoms with E-state index in [1.54, 1.807) is 19.1 Å². The van der Waals surface area contributed by atoms with Crippen LogP contribution in [0.3, 0.4) is 0 Å². The van der Waals surface area contributed by atoms with Gasteiger partial charge in [0.1, 0.15) is 11.6 Å². The number of thioether (sulfide) groups is 1. The normalized spacial score (nSPS) is 12.0. The van der Waals surface area contributed by atoms with Gasteiger partial charge in [0.2, 0.25) is 11.1 Å². The summed E-state index contributed by atoms with van der Waals surface area (Å²) in [6, 6.07) is 3.48. The Hall–Kier alpha value is -1.73. The van der Waals surface area contributed by atoms with E-state index in [9.17, 15) is 4.79 Å². The minimum absolute atomic E-state index is 0.155. The monoisotopic (exact) mass is 354 g/mol. The van der Waals surface area contributed by atoms with E-state index in [2.05, 4.69) is 20.5 Å². The van der Waals surface area contributed by atoms with Crippen LogP contribution in [-0.4, -0.2) is 33.4 Å². The number of benzene rings is 1. The molecule has 0 unspecified atom stereocenters. The van der Waals surface area contributed by atoms with Crippen LogP contribution < -0.4 is 10.1 Å². The van der Waals surface area contributed by atoms with E-state index in [-0.39, 0.29) is 11.2 Å². The Kier molecular flexibility index (Phi) is 5.90. The number of aromatic amines is 1. The molecule has 124 valence electrons. The van der Waals surface area contributed by atoms with Crippen LogP contribution in [0.5, 0.6) is 5.75 Å². The molecule has 2 aromatic rings. The predicted molar refractivity (Wildman–Crippen MR) is 92.5 cm³/mol. The van der Waals surface area contributed by atoms with Gasteiger partial charge >= 0.3 is 0 Å². The summed E-state index contributed by atoms with van der Waals surface area (Å²) >= 11 is 7.37. The van der Waals surface area contributed by atoms with Crippen molar-refractivity contribution >= 4 is 35.0 Å². The number of amides is 1. The molecule has 2 rings (SSSR count). The number of ether oxygens (including phenoxy) is 1. The fraction of sp³-hybridized carbons (Fsp3) is 0.400. The lowest BCUT2D eigenvalue weighted by Gasteiger charge is -2.14. The van der Waals surface area contributed by atoms with Gasteiger partial charge in [-0.05, 0) is 25.5 Å². The van der Waals surface area contributed by atoms with Crippen molar-refractivity contribution in [3.8, 4) is 5.75 Å². The number of hydrogen-bond donors (Lipinski definition) is 2. The molecule has 6 nitrogen and oxygen atoms in total. The zero-order chi connectivity index (χ0) is 17.0. The molecular weight excluding hydrogens is 336 g/mol. The molecule has 0 saturated heterocycles. The number of H-pyrrole nitrogens is 1. The van der Waals surface area contributed by atoms with Gasteiger partial charge < -0.3 is 10.1 Å². The van der Waals surface area contributed by atoms with E-state index >= 15 is 0 Å². The molecule has 0 spiro atoms. The smallest absolute Gasteiger partial charge is 0.237 e. The molecule has 0 fully saturated rings. The van der Waals surface area contributed by atoms with Crippen LogP contribution in [0, 0.1) is 6.92 Å². The number of nitrogens with one attached hydrogen (secondary N) is 2. The molecule has 1 atom stereocenters. The van der Waals surface area contributed by atoms with Gasteiger partial charge in [-0.2, -0.15) is 0 Å². The largest absolute Gasteiger partial charge is 0.495 e. The molecule has 1 heterocycles. The first-order valence-corrected chi connectivity index (χ1v) is 8.43. The summed E-state index contributed by atoms with van der Waals surface area (Å²) in [6.07, 6.45) is 0.773. The standard InChI is InChI=1S/C15H19ClN4O2S/c1-5-13-18-15(20-19-13)23-9(3)14(21)17-11-6-8(2)10(16)7-12(11)22-4/h6-7,9H,5H2,1-4H3,(H,17,21)(H,18,19,20)/t9-/m0/s1. The number of carbonyl (C=O) groups excluding carboxylic acids is 1. The molecule has 0 aliphatic heterocycles.